The van der Waals surface area contributed by atoms with Crippen LogP contribution in [0.4, 0.5) is 0 Å². The molecule has 0 bridgehead atoms. The normalized spacial score (nSPS) is 29.6. The zero-order valence-electron chi connectivity index (χ0n) is 34.7. The van der Waals surface area contributed by atoms with Gasteiger partial charge in [-0.1, -0.05) is 127 Å². The van der Waals surface area contributed by atoms with Crippen LogP contribution in [0.3, 0.4) is 0 Å². The zero-order valence-corrected chi connectivity index (χ0v) is 34.7. The summed E-state index contributed by atoms with van der Waals surface area (Å²) in [6.45, 7) is 14.0. The molecule has 4 aromatic rings. The first-order valence-electron chi connectivity index (χ1n) is 22.5. The number of unbranched alkanes of at least 4 members (excludes halogenated alkanes) is 3. The molecule has 0 heterocycles. The maximum atomic E-state index is 13.4. The third-order valence-electron chi connectivity index (χ3n) is 16.1. The van der Waals surface area contributed by atoms with E-state index in [1.165, 1.54) is 84.7 Å². The molecule has 4 aromatic carbocycles. The second-order valence-corrected chi connectivity index (χ2v) is 19.7. The largest absolute Gasteiger partial charge is 0.356 e. The number of allylic oxidation sites excluding steroid dienone is 2. The highest BCUT2D eigenvalue weighted by Gasteiger charge is 2.59. The van der Waals surface area contributed by atoms with Crippen LogP contribution in [0.15, 0.2) is 66.2 Å². The Balaban J connectivity index is 0.766. The van der Waals surface area contributed by atoms with E-state index in [-0.39, 0.29) is 23.1 Å². The molecule has 294 valence electrons. The van der Waals surface area contributed by atoms with Gasteiger partial charge in [0.15, 0.2) is 0 Å². The molecular formula is C51H68N2O2. The lowest BCUT2D eigenvalue weighted by atomic mass is 9.46. The van der Waals surface area contributed by atoms with Crippen LogP contribution in [0, 0.1) is 52.3 Å². The number of carbonyl (C=O) groups is 2. The quantitative estimate of drug-likeness (QED) is 0.0768. The molecule has 8 atom stereocenters. The number of rotatable bonds is 14. The smallest absolute Gasteiger partial charge is 0.251 e. The lowest BCUT2D eigenvalue weighted by Gasteiger charge is -2.58. The van der Waals surface area contributed by atoms with Crippen LogP contribution >= 0.6 is 0 Å². The first kappa shape index (κ1) is 38.5. The minimum Gasteiger partial charge on any atom is -0.356 e. The molecule has 3 saturated carbocycles. The highest BCUT2D eigenvalue weighted by Crippen LogP contribution is 2.67. The summed E-state index contributed by atoms with van der Waals surface area (Å²) in [5.41, 5.74) is 3.18. The third kappa shape index (κ3) is 7.23. The highest BCUT2D eigenvalue weighted by atomic mass is 16.2. The Labute approximate surface area is 331 Å². The molecule has 8 rings (SSSR count). The number of carbonyl (C=O) groups excluding carboxylic acids is 2. The van der Waals surface area contributed by atoms with E-state index < -0.39 is 0 Å². The second-order valence-electron chi connectivity index (χ2n) is 19.7. The number of amides is 2. The SMILES string of the molecule is CC(C)CCC[C@@H](C)[C@H]1CC[C@H]2[C@@H]3CC=C4C[C@@H](C(=O)NCCCCCCNC(=O)c5ccc6ccc7cccc8ccc5c6c78)CC[C@]4(C)[C@H]3CC[C@]12C. The number of benzene rings is 4. The Bertz CT molecular complexity index is 2010. The molecule has 4 aliphatic carbocycles. The molecule has 0 spiro atoms. The number of hydrogen-bond donors (Lipinski definition) is 2. The Morgan fingerprint density at radius 1 is 0.727 bits per heavy atom. The summed E-state index contributed by atoms with van der Waals surface area (Å²) in [4.78, 5) is 26.7. The molecule has 2 amide bonds. The van der Waals surface area contributed by atoms with Crippen molar-refractivity contribution < 1.29 is 9.59 Å². The summed E-state index contributed by atoms with van der Waals surface area (Å²) in [6.07, 6.45) is 21.0. The van der Waals surface area contributed by atoms with E-state index in [1.54, 1.807) is 5.57 Å². The van der Waals surface area contributed by atoms with Crippen LogP contribution in [0.2, 0.25) is 0 Å². The van der Waals surface area contributed by atoms with Gasteiger partial charge in [0, 0.05) is 24.6 Å². The maximum absolute atomic E-state index is 13.4. The average Bonchev–Trinajstić information content (AvgIpc) is 3.54. The van der Waals surface area contributed by atoms with Crippen molar-refractivity contribution in [1.29, 1.82) is 0 Å². The Hall–Kier alpha value is -3.40. The van der Waals surface area contributed by atoms with Gasteiger partial charge >= 0.3 is 0 Å². The Kier molecular flexibility index (Phi) is 11.1. The van der Waals surface area contributed by atoms with Crippen LogP contribution in [-0.4, -0.2) is 24.9 Å². The zero-order chi connectivity index (χ0) is 38.3. The van der Waals surface area contributed by atoms with Gasteiger partial charge in [-0.15, -0.1) is 0 Å². The van der Waals surface area contributed by atoms with Gasteiger partial charge in [-0.3, -0.25) is 9.59 Å². The molecule has 3 fully saturated rings. The third-order valence-corrected chi connectivity index (χ3v) is 16.1. The summed E-state index contributed by atoms with van der Waals surface area (Å²) in [5, 5.41) is 13.6. The predicted octanol–water partition coefficient (Wildman–Crippen LogP) is 12.6. The van der Waals surface area contributed by atoms with Gasteiger partial charge in [0.1, 0.15) is 0 Å². The second kappa shape index (κ2) is 15.9. The summed E-state index contributed by atoms with van der Waals surface area (Å²) >= 11 is 0. The van der Waals surface area contributed by atoms with Crippen molar-refractivity contribution in [3.8, 4) is 0 Å². The summed E-state index contributed by atoms with van der Waals surface area (Å²) in [5.74, 6) is 5.51. The van der Waals surface area contributed by atoms with Crippen molar-refractivity contribution in [3.05, 3.63) is 71.8 Å². The van der Waals surface area contributed by atoms with Crippen LogP contribution in [0.5, 0.6) is 0 Å². The van der Waals surface area contributed by atoms with Crippen molar-refractivity contribution in [2.24, 2.45) is 52.3 Å². The van der Waals surface area contributed by atoms with Gasteiger partial charge in [-0.2, -0.15) is 0 Å². The number of hydrogen-bond acceptors (Lipinski definition) is 2. The maximum Gasteiger partial charge on any atom is 0.251 e. The summed E-state index contributed by atoms with van der Waals surface area (Å²) in [7, 11) is 0. The van der Waals surface area contributed by atoms with E-state index in [0.717, 1.165) is 91.5 Å². The lowest BCUT2D eigenvalue weighted by molar-refractivity contribution is -0.126. The van der Waals surface area contributed by atoms with Crippen LogP contribution in [0.25, 0.3) is 32.3 Å². The van der Waals surface area contributed by atoms with E-state index in [4.69, 9.17) is 0 Å². The van der Waals surface area contributed by atoms with Gasteiger partial charge in [0.05, 0.1) is 0 Å². The number of fused-ring (bicyclic) bond motifs is 5. The van der Waals surface area contributed by atoms with E-state index in [9.17, 15) is 9.59 Å². The summed E-state index contributed by atoms with van der Waals surface area (Å²) in [6, 6.07) is 19.0. The Morgan fingerprint density at radius 2 is 1.44 bits per heavy atom. The molecule has 0 aromatic heterocycles. The minimum absolute atomic E-state index is 0.00375. The van der Waals surface area contributed by atoms with Crippen molar-refractivity contribution >= 4 is 44.1 Å². The lowest BCUT2D eigenvalue weighted by Crippen LogP contribution is -2.51. The number of nitrogens with one attached hydrogen (secondary N) is 2. The standard InChI is InChI=1S/C51H68N2O2/c1-33(2)12-10-13-34(3)43-24-25-44-42-23-20-39-32-38(26-28-50(39,4)45(42)27-29-51(43,44)5)48(54)52-30-8-6-7-9-31-53-49(55)41-22-19-37-17-16-35-14-11-15-36-18-21-40(41)47(37)46(35)36/h11,14-22,33-34,38,42-45H,6-10,12-13,23-32H2,1-5H3,(H,52,54)(H,53,55)/t34-,38+,42+,43-,44+,45+,50+,51-/m1/s1. The van der Waals surface area contributed by atoms with Crippen LogP contribution in [-0.2, 0) is 4.79 Å². The highest BCUT2D eigenvalue weighted by molar-refractivity contribution is 6.26. The fourth-order valence-electron chi connectivity index (χ4n) is 13.1. The molecule has 0 aliphatic heterocycles. The van der Waals surface area contributed by atoms with Gasteiger partial charge < -0.3 is 10.6 Å². The first-order chi connectivity index (χ1) is 26.6. The van der Waals surface area contributed by atoms with E-state index in [0.29, 0.717) is 12.0 Å². The van der Waals surface area contributed by atoms with Gasteiger partial charge in [0.2, 0.25) is 5.91 Å². The molecule has 0 radical (unpaired) electrons. The van der Waals surface area contributed by atoms with Crippen molar-refractivity contribution in [2.75, 3.05) is 13.1 Å². The van der Waals surface area contributed by atoms with Crippen molar-refractivity contribution in [1.82, 2.24) is 10.6 Å². The Morgan fingerprint density at radius 3 is 2.20 bits per heavy atom. The molecule has 2 N–H and O–H groups in total. The van der Waals surface area contributed by atoms with Crippen LogP contribution < -0.4 is 10.6 Å². The fraction of sp³-hybridized carbons (Fsp3) is 0.608. The molecule has 0 saturated heterocycles. The fourth-order valence-corrected chi connectivity index (χ4v) is 13.1. The molecule has 4 nitrogen and oxygen atoms in total. The van der Waals surface area contributed by atoms with Crippen molar-refractivity contribution in [2.45, 2.75) is 131 Å². The predicted molar refractivity (Wildman–Crippen MR) is 230 cm³/mol. The van der Waals surface area contributed by atoms with Gasteiger partial charge in [-0.05, 0) is 149 Å². The van der Waals surface area contributed by atoms with Crippen LogP contribution in [0.1, 0.15) is 141 Å². The topological polar surface area (TPSA) is 58.2 Å². The molecule has 55 heavy (non-hydrogen) atoms. The monoisotopic (exact) mass is 741 g/mol. The van der Waals surface area contributed by atoms with Gasteiger partial charge in [-0.25, -0.2) is 0 Å². The van der Waals surface area contributed by atoms with Gasteiger partial charge in [0.25, 0.3) is 5.91 Å². The summed E-state index contributed by atoms with van der Waals surface area (Å²) < 4.78 is 0. The van der Waals surface area contributed by atoms with E-state index in [1.807, 2.05) is 6.07 Å². The van der Waals surface area contributed by atoms with Crippen molar-refractivity contribution in [3.63, 3.8) is 0 Å². The molecule has 4 aliphatic rings. The minimum atomic E-state index is 0.00375. The van der Waals surface area contributed by atoms with E-state index in [2.05, 4.69) is 99.9 Å². The molecular weight excluding hydrogens is 673 g/mol. The molecule has 4 heteroatoms. The first-order valence-corrected chi connectivity index (χ1v) is 22.5. The molecule has 0 unspecified atom stereocenters. The average molecular weight is 741 g/mol. The van der Waals surface area contributed by atoms with E-state index >= 15 is 0 Å².